The summed E-state index contributed by atoms with van der Waals surface area (Å²) in [4.78, 5) is 2.33. The molecule has 8 nitrogen and oxygen atoms in total. The fourth-order valence-electron chi connectivity index (χ4n) is 11.0. The molecule has 5 saturated carbocycles. The van der Waals surface area contributed by atoms with Gasteiger partial charge in [0.2, 0.25) is 0 Å². The van der Waals surface area contributed by atoms with E-state index < -0.39 is 28.1 Å². The summed E-state index contributed by atoms with van der Waals surface area (Å²) in [6.45, 7) is 3.59. The van der Waals surface area contributed by atoms with Gasteiger partial charge in [-0.05, 0) is 31.7 Å². The Morgan fingerprint density at radius 2 is 1.79 bits per heavy atom. The maximum Gasteiger partial charge on any atom is 0.136 e. The molecule has 0 aromatic heterocycles. The molecule has 0 aromatic rings. The average Bonchev–Trinajstić information content (AvgIpc) is 3.24. The molecule has 33 heavy (non-hydrogen) atoms. The van der Waals surface area contributed by atoms with E-state index in [1.165, 1.54) is 0 Å². The Morgan fingerprint density at radius 3 is 2.36 bits per heavy atom. The SMILES string of the molecule is CCN1C[C@]2(CO)CC[C@H](OC)[C@]34[C@@H]5C[C@H]6[C@H](OC)[C@@H]5[C@](O)(C[C@@H]6OC)[C@](O)([C@@H](OC)[C@H]23)[C@@H]14. The van der Waals surface area contributed by atoms with E-state index in [2.05, 4.69) is 11.8 Å². The summed E-state index contributed by atoms with van der Waals surface area (Å²) in [5.41, 5.74) is -3.78. The molecule has 1 saturated heterocycles. The van der Waals surface area contributed by atoms with Gasteiger partial charge in [-0.25, -0.2) is 0 Å². The standard InChI is InChI=1S/C25H41NO7/c1-6-26-11-22(12-27)8-7-16(31-3)24-14-9-13-15(30-2)10-23(28,17(14)18(13)32-4)25(29,21(24)26)20(33-5)19(22)24/h13-21,27-29H,6-12H2,1-5H3/t13-,14-,15+,16+,17-,18+,19-,20+,21+,22+,23-,24-,25+/m1/s1. The van der Waals surface area contributed by atoms with E-state index in [1.807, 2.05) is 0 Å². The molecule has 1 aliphatic heterocycles. The minimum atomic E-state index is -1.52. The third-order valence-electron chi connectivity index (χ3n) is 11.6. The van der Waals surface area contributed by atoms with Crippen LogP contribution in [0.25, 0.3) is 0 Å². The molecule has 0 aromatic carbocycles. The van der Waals surface area contributed by atoms with Crippen LogP contribution in [-0.4, -0.2) is 110 Å². The molecule has 3 N–H and O–H groups in total. The van der Waals surface area contributed by atoms with E-state index >= 15 is 0 Å². The number of aliphatic hydroxyl groups is 3. The Balaban J connectivity index is 1.68. The first-order chi connectivity index (χ1) is 15.8. The average molecular weight is 468 g/mol. The van der Waals surface area contributed by atoms with Crippen LogP contribution >= 0.6 is 0 Å². The van der Waals surface area contributed by atoms with Crippen LogP contribution in [0, 0.1) is 34.5 Å². The lowest BCUT2D eigenvalue weighted by atomic mass is 9.42. The predicted octanol–water partition coefficient (Wildman–Crippen LogP) is 0.271. The maximum atomic E-state index is 13.0. The molecule has 1 heterocycles. The van der Waals surface area contributed by atoms with Crippen LogP contribution in [0.3, 0.4) is 0 Å². The minimum Gasteiger partial charge on any atom is -0.396 e. The van der Waals surface area contributed by atoms with Crippen molar-refractivity contribution in [2.45, 2.75) is 74.3 Å². The molecule has 13 atom stereocenters. The number of nitrogens with zero attached hydrogens (tertiary/aromatic N) is 1. The van der Waals surface area contributed by atoms with Crippen LogP contribution in [0.2, 0.25) is 0 Å². The summed E-state index contributed by atoms with van der Waals surface area (Å²) in [5, 5.41) is 36.6. The smallest absolute Gasteiger partial charge is 0.136 e. The van der Waals surface area contributed by atoms with Crippen molar-refractivity contribution in [1.29, 1.82) is 0 Å². The summed E-state index contributed by atoms with van der Waals surface area (Å²) in [6, 6.07) is -0.312. The third-order valence-corrected chi connectivity index (χ3v) is 11.6. The van der Waals surface area contributed by atoms with Crippen LogP contribution in [-0.2, 0) is 18.9 Å². The van der Waals surface area contributed by atoms with E-state index in [4.69, 9.17) is 18.9 Å². The zero-order chi connectivity index (χ0) is 23.6. The van der Waals surface area contributed by atoms with Gasteiger partial charge in [0.1, 0.15) is 11.2 Å². The van der Waals surface area contributed by atoms with Gasteiger partial charge in [0.15, 0.2) is 0 Å². The van der Waals surface area contributed by atoms with Gasteiger partial charge >= 0.3 is 0 Å². The molecule has 6 rings (SSSR count). The Hall–Kier alpha value is -0.320. The second kappa shape index (κ2) is 7.13. The van der Waals surface area contributed by atoms with Gasteiger partial charge < -0.3 is 34.3 Å². The molecule has 0 unspecified atom stereocenters. The number of methoxy groups -OCH3 is 4. The highest BCUT2D eigenvalue weighted by molar-refractivity contribution is 5.41. The molecule has 0 radical (unpaired) electrons. The summed E-state index contributed by atoms with van der Waals surface area (Å²) in [5.74, 6) is -0.0916. The van der Waals surface area contributed by atoms with Gasteiger partial charge in [0.05, 0.1) is 37.1 Å². The molecule has 5 aliphatic carbocycles. The first kappa shape index (κ1) is 23.1. The Kier molecular flexibility index (Phi) is 4.99. The Morgan fingerprint density at radius 1 is 1.03 bits per heavy atom. The van der Waals surface area contributed by atoms with Gasteiger partial charge in [-0.2, -0.15) is 0 Å². The van der Waals surface area contributed by atoms with E-state index in [0.717, 1.165) is 25.8 Å². The molecule has 7 bridgehead atoms. The quantitative estimate of drug-likeness (QED) is 0.512. The van der Waals surface area contributed by atoms with Gasteiger partial charge in [0.25, 0.3) is 0 Å². The van der Waals surface area contributed by atoms with Crippen LogP contribution in [0.15, 0.2) is 0 Å². The number of aliphatic hydroxyl groups excluding tert-OH is 1. The first-order valence-electron chi connectivity index (χ1n) is 12.7. The van der Waals surface area contributed by atoms with E-state index in [0.29, 0.717) is 13.0 Å². The normalized spacial score (nSPS) is 60.9. The van der Waals surface area contributed by atoms with Crippen molar-refractivity contribution in [3.63, 3.8) is 0 Å². The first-order valence-corrected chi connectivity index (χ1v) is 12.7. The number of rotatable bonds is 6. The largest absolute Gasteiger partial charge is 0.396 e. The maximum absolute atomic E-state index is 13.0. The fourth-order valence-corrected chi connectivity index (χ4v) is 11.0. The van der Waals surface area contributed by atoms with E-state index in [-0.39, 0.29) is 54.6 Å². The third kappa shape index (κ3) is 2.16. The molecule has 0 amide bonds. The number of hydrogen-bond acceptors (Lipinski definition) is 8. The molecular weight excluding hydrogens is 426 g/mol. The fraction of sp³-hybridized carbons (Fsp3) is 1.00. The van der Waals surface area contributed by atoms with E-state index in [9.17, 15) is 15.3 Å². The highest BCUT2D eigenvalue weighted by Crippen LogP contribution is 2.80. The molecule has 1 spiro atoms. The minimum absolute atomic E-state index is 0.0443. The van der Waals surface area contributed by atoms with Crippen molar-refractivity contribution in [1.82, 2.24) is 4.90 Å². The number of hydrogen-bond donors (Lipinski definition) is 3. The van der Waals surface area contributed by atoms with Crippen LogP contribution < -0.4 is 0 Å². The van der Waals surface area contributed by atoms with Gasteiger partial charge in [-0.15, -0.1) is 0 Å². The molecule has 188 valence electrons. The van der Waals surface area contributed by atoms with Crippen molar-refractivity contribution in [2.24, 2.45) is 34.5 Å². The van der Waals surface area contributed by atoms with Crippen molar-refractivity contribution in [3.8, 4) is 0 Å². The van der Waals surface area contributed by atoms with Gasteiger partial charge in [-0.1, -0.05) is 6.92 Å². The summed E-state index contributed by atoms with van der Waals surface area (Å²) < 4.78 is 24.5. The topological polar surface area (TPSA) is 101 Å². The van der Waals surface area contributed by atoms with Gasteiger partial charge in [-0.3, -0.25) is 4.90 Å². The summed E-state index contributed by atoms with van der Waals surface area (Å²) in [7, 11) is 6.85. The van der Waals surface area contributed by atoms with Crippen molar-refractivity contribution in [2.75, 3.05) is 48.1 Å². The molecule has 6 aliphatic rings. The summed E-state index contributed by atoms with van der Waals surface area (Å²) in [6.07, 6.45) is 1.81. The van der Waals surface area contributed by atoms with Crippen LogP contribution in [0.1, 0.15) is 32.6 Å². The predicted molar refractivity (Wildman–Crippen MR) is 119 cm³/mol. The van der Waals surface area contributed by atoms with Crippen LogP contribution in [0.5, 0.6) is 0 Å². The molecule has 6 fully saturated rings. The summed E-state index contributed by atoms with van der Waals surface area (Å²) >= 11 is 0. The second-order valence-electron chi connectivity index (χ2n) is 11.8. The van der Waals surface area contributed by atoms with Crippen molar-refractivity contribution in [3.05, 3.63) is 0 Å². The lowest BCUT2D eigenvalue weighted by Gasteiger charge is -2.70. The number of likely N-dealkylation sites (N-methyl/N-ethyl adjacent to an activating group) is 1. The highest BCUT2D eigenvalue weighted by atomic mass is 16.5. The Bertz CT molecular complexity index is 814. The number of ether oxygens (including phenoxy) is 4. The lowest BCUT2D eigenvalue weighted by molar-refractivity contribution is -0.320. The number of piperidine rings is 1. The number of fused-ring (bicyclic) bond motifs is 2. The zero-order valence-corrected chi connectivity index (χ0v) is 20.6. The number of likely N-dealkylation sites (tertiary alicyclic amines) is 1. The molecular formula is C25H41NO7. The van der Waals surface area contributed by atoms with Crippen molar-refractivity contribution < 1.29 is 34.3 Å². The van der Waals surface area contributed by atoms with Crippen LogP contribution in [0.4, 0.5) is 0 Å². The Labute approximate surface area is 196 Å². The zero-order valence-electron chi connectivity index (χ0n) is 20.6. The monoisotopic (exact) mass is 467 g/mol. The van der Waals surface area contributed by atoms with Gasteiger partial charge in [0, 0.05) is 70.0 Å². The highest BCUT2D eigenvalue weighted by Gasteiger charge is 2.91. The lowest BCUT2D eigenvalue weighted by Crippen LogP contribution is -2.82. The molecule has 8 heteroatoms. The second-order valence-corrected chi connectivity index (χ2v) is 11.8. The van der Waals surface area contributed by atoms with Crippen molar-refractivity contribution >= 4 is 0 Å². The van der Waals surface area contributed by atoms with E-state index in [1.54, 1.807) is 28.4 Å².